The zero-order chi connectivity index (χ0) is 16.4. The van der Waals surface area contributed by atoms with Gasteiger partial charge in [-0.1, -0.05) is 29.8 Å². The first kappa shape index (κ1) is 15.7. The number of carbonyl (C=O) groups excluding carboxylic acids is 1. The van der Waals surface area contributed by atoms with E-state index in [1.807, 2.05) is 31.2 Å². The van der Waals surface area contributed by atoms with Crippen molar-refractivity contribution in [3.8, 4) is 0 Å². The lowest BCUT2D eigenvalue weighted by atomic mass is 10.1. The molecule has 5 nitrogen and oxygen atoms in total. The highest BCUT2D eigenvalue weighted by Gasteiger charge is 2.15. The van der Waals surface area contributed by atoms with Crippen LogP contribution in [-0.4, -0.2) is 10.9 Å². The summed E-state index contributed by atoms with van der Waals surface area (Å²) >= 11 is 2.06. The van der Waals surface area contributed by atoms with Gasteiger partial charge in [0.05, 0.1) is 5.39 Å². The number of pyridine rings is 1. The molecule has 0 bridgehead atoms. The Bertz CT molecular complexity index is 933. The van der Waals surface area contributed by atoms with Crippen molar-refractivity contribution in [3.63, 3.8) is 0 Å². The van der Waals surface area contributed by atoms with E-state index in [-0.39, 0.29) is 16.7 Å². The van der Waals surface area contributed by atoms with E-state index in [9.17, 15) is 9.59 Å². The minimum Gasteiger partial charge on any atom is -0.445 e. The molecule has 0 fully saturated rings. The molecule has 0 aliphatic carbocycles. The van der Waals surface area contributed by atoms with Gasteiger partial charge in [-0.3, -0.25) is 9.59 Å². The molecule has 2 heterocycles. The van der Waals surface area contributed by atoms with Crippen LogP contribution in [0.5, 0.6) is 0 Å². The van der Waals surface area contributed by atoms with Crippen molar-refractivity contribution in [2.75, 3.05) is 0 Å². The number of aryl methyl sites for hydroxylation is 1. The van der Waals surface area contributed by atoms with Crippen molar-refractivity contribution in [2.24, 2.45) is 0 Å². The van der Waals surface area contributed by atoms with Gasteiger partial charge < -0.3 is 9.73 Å². The molecule has 6 heteroatoms. The number of nitrogens with zero attached hydrogens (tertiary/aromatic N) is 1. The Labute approximate surface area is 145 Å². The summed E-state index contributed by atoms with van der Waals surface area (Å²) in [4.78, 5) is 28.7. The summed E-state index contributed by atoms with van der Waals surface area (Å²) in [6, 6.07) is 9.47. The lowest BCUT2D eigenvalue weighted by Gasteiger charge is -2.06. The van der Waals surface area contributed by atoms with Crippen LogP contribution in [-0.2, 0) is 6.54 Å². The van der Waals surface area contributed by atoms with Crippen molar-refractivity contribution in [1.29, 1.82) is 0 Å². The van der Waals surface area contributed by atoms with Crippen LogP contribution in [0.3, 0.4) is 0 Å². The number of hydrogen-bond donors (Lipinski definition) is 1. The molecule has 0 unspecified atom stereocenters. The number of halogens is 1. The summed E-state index contributed by atoms with van der Waals surface area (Å²) in [6.07, 6.45) is 2.76. The van der Waals surface area contributed by atoms with Crippen molar-refractivity contribution >= 4 is 39.6 Å². The number of fused-ring (bicyclic) bond motifs is 1. The van der Waals surface area contributed by atoms with Gasteiger partial charge in [0.2, 0.25) is 11.1 Å². The van der Waals surface area contributed by atoms with Crippen LogP contribution in [0.25, 0.3) is 11.1 Å². The Morgan fingerprint density at radius 3 is 2.78 bits per heavy atom. The van der Waals surface area contributed by atoms with Crippen LogP contribution >= 0.6 is 22.6 Å². The molecule has 3 aromatic rings. The Balaban J connectivity index is 1.84. The average molecular weight is 420 g/mol. The van der Waals surface area contributed by atoms with Crippen molar-refractivity contribution in [2.45, 2.75) is 13.5 Å². The van der Waals surface area contributed by atoms with E-state index in [4.69, 9.17) is 4.42 Å². The molecule has 1 amide bonds. The van der Waals surface area contributed by atoms with Gasteiger partial charge in [-0.2, -0.15) is 0 Å². The van der Waals surface area contributed by atoms with Gasteiger partial charge in [0, 0.05) is 16.3 Å². The number of nitrogens with one attached hydrogen (secondary N) is 1. The van der Waals surface area contributed by atoms with Crippen molar-refractivity contribution in [1.82, 2.24) is 10.3 Å². The molecule has 0 saturated heterocycles. The molecule has 1 N–H and O–H groups in total. The second kappa shape index (κ2) is 6.49. The van der Waals surface area contributed by atoms with Gasteiger partial charge in [0.1, 0.15) is 11.8 Å². The molecular weight excluding hydrogens is 407 g/mol. The second-order valence-electron chi connectivity index (χ2n) is 5.15. The van der Waals surface area contributed by atoms with Crippen LogP contribution in [0.1, 0.15) is 21.5 Å². The molecule has 0 aliphatic heterocycles. The minimum absolute atomic E-state index is 0.0200. The van der Waals surface area contributed by atoms with E-state index in [2.05, 4.69) is 32.9 Å². The van der Waals surface area contributed by atoms with Crippen LogP contribution in [0.2, 0.25) is 0 Å². The fraction of sp³-hybridized carbons (Fsp3) is 0.118. The molecule has 0 saturated carbocycles. The number of carbonyl (C=O) groups is 1. The Kier molecular flexibility index (Phi) is 4.42. The SMILES string of the molecule is Cc1ccc(CNC(=O)c2coc3ncc(I)cc3c2=O)cc1. The van der Waals surface area contributed by atoms with E-state index < -0.39 is 5.91 Å². The van der Waals surface area contributed by atoms with E-state index in [1.165, 1.54) is 0 Å². The van der Waals surface area contributed by atoms with Crippen molar-refractivity contribution in [3.05, 3.63) is 73.3 Å². The smallest absolute Gasteiger partial charge is 0.258 e. The fourth-order valence-corrected chi connectivity index (χ4v) is 2.59. The van der Waals surface area contributed by atoms with Crippen LogP contribution in [0.15, 0.2) is 52.0 Å². The minimum atomic E-state index is -0.458. The van der Waals surface area contributed by atoms with Crippen molar-refractivity contribution < 1.29 is 9.21 Å². The van der Waals surface area contributed by atoms with E-state index in [0.717, 1.165) is 21.0 Å². The lowest BCUT2D eigenvalue weighted by molar-refractivity contribution is 0.0948. The van der Waals surface area contributed by atoms with Gasteiger partial charge in [-0.05, 0) is 41.1 Å². The Hall–Kier alpha value is -2.22. The summed E-state index contributed by atoms with van der Waals surface area (Å²) < 4.78 is 6.10. The summed E-state index contributed by atoms with van der Waals surface area (Å²) in [5, 5.41) is 3.04. The Morgan fingerprint density at radius 1 is 1.30 bits per heavy atom. The molecule has 116 valence electrons. The molecule has 0 radical (unpaired) electrons. The summed E-state index contributed by atoms with van der Waals surface area (Å²) in [7, 11) is 0. The molecule has 23 heavy (non-hydrogen) atoms. The topological polar surface area (TPSA) is 72.2 Å². The number of hydrogen-bond acceptors (Lipinski definition) is 4. The predicted octanol–water partition coefficient (Wildman–Crippen LogP) is 3.03. The van der Waals surface area contributed by atoms with Crippen LogP contribution in [0, 0.1) is 10.5 Å². The summed E-state index contributed by atoms with van der Waals surface area (Å²) in [5.74, 6) is -0.458. The zero-order valence-electron chi connectivity index (χ0n) is 12.3. The molecule has 3 rings (SSSR count). The monoisotopic (exact) mass is 420 g/mol. The van der Waals surface area contributed by atoms with E-state index >= 15 is 0 Å². The van der Waals surface area contributed by atoms with Gasteiger partial charge >= 0.3 is 0 Å². The fourth-order valence-electron chi connectivity index (χ4n) is 2.14. The first-order chi connectivity index (χ1) is 11.0. The lowest BCUT2D eigenvalue weighted by Crippen LogP contribution is -2.28. The Morgan fingerprint density at radius 2 is 2.04 bits per heavy atom. The predicted molar refractivity (Wildman–Crippen MR) is 95.3 cm³/mol. The first-order valence-corrected chi connectivity index (χ1v) is 8.03. The van der Waals surface area contributed by atoms with Crippen LogP contribution in [0.4, 0.5) is 0 Å². The van der Waals surface area contributed by atoms with Gasteiger partial charge in [-0.25, -0.2) is 4.98 Å². The number of rotatable bonds is 3. The second-order valence-corrected chi connectivity index (χ2v) is 6.40. The molecular formula is C17H13IN2O3. The van der Waals surface area contributed by atoms with E-state index in [0.29, 0.717) is 11.9 Å². The van der Waals surface area contributed by atoms with Gasteiger partial charge in [0.25, 0.3) is 5.91 Å². The standard InChI is InChI=1S/C17H13IN2O3/c1-10-2-4-11(5-3-10)7-19-16(22)14-9-23-17-13(15(14)21)6-12(18)8-20-17/h2-6,8-9H,7H2,1H3,(H,19,22). The highest BCUT2D eigenvalue weighted by atomic mass is 127. The molecule has 1 aromatic carbocycles. The largest absolute Gasteiger partial charge is 0.445 e. The number of amides is 1. The maximum atomic E-state index is 12.4. The zero-order valence-corrected chi connectivity index (χ0v) is 14.5. The quantitative estimate of drug-likeness (QED) is 0.662. The average Bonchev–Trinajstić information content (AvgIpc) is 2.55. The third-order valence-electron chi connectivity index (χ3n) is 3.41. The summed E-state index contributed by atoms with van der Waals surface area (Å²) in [5.41, 5.74) is 1.94. The third-order valence-corrected chi connectivity index (χ3v) is 4.00. The molecule has 2 aromatic heterocycles. The van der Waals surface area contributed by atoms with Gasteiger partial charge in [0.15, 0.2) is 0 Å². The number of aromatic nitrogens is 1. The van der Waals surface area contributed by atoms with Gasteiger partial charge in [-0.15, -0.1) is 0 Å². The highest BCUT2D eigenvalue weighted by Crippen LogP contribution is 2.12. The normalized spacial score (nSPS) is 10.7. The van der Waals surface area contributed by atoms with E-state index in [1.54, 1.807) is 12.3 Å². The molecule has 0 atom stereocenters. The summed E-state index contributed by atoms with van der Waals surface area (Å²) in [6.45, 7) is 2.35. The third kappa shape index (κ3) is 3.42. The maximum absolute atomic E-state index is 12.4. The highest BCUT2D eigenvalue weighted by molar-refractivity contribution is 14.1. The first-order valence-electron chi connectivity index (χ1n) is 6.95. The maximum Gasteiger partial charge on any atom is 0.258 e. The van der Waals surface area contributed by atoms with Crippen LogP contribution < -0.4 is 10.7 Å². The molecule has 0 aliphatic rings. The molecule has 0 spiro atoms. The number of benzene rings is 1.